The maximum absolute atomic E-state index is 5.90. The number of rotatable bonds is 19. The predicted molar refractivity (Wildman–Crippen MR) is 154 cm³/mol. The van der Waals surface area contributed by atoms with Gasteiger partial charge in [-0.25, -0.2) is 0 Å². The van der Waals surface area contributed by atoms with E-state index in [4.69, 9.17) is 13.3 Å². The van der Waals surface area contributed by atoms with Crippen LogP contribution in [0.3, 0.4) is 0 Å². The van der Waals surface area contributed by atoms with Gasteiger partial charge < -0.3 is 23.9 Å². The molecule has 0 saturated carbocycles. The maximum atomic E-state index is 5.90. The van der Waals surface area contributed by atoms with Gasteiger partial charge in [-0.15, -0.1) is 0 Å². The van der Waals surface area contributed by atoms with Crippen LogP contribution < -0.4 is 10.6 Å². The molecule has 2 N–H and O–H groups in total. The number of hydrogen-bond donors (Lipinski definition) is 2. The van der Waals surface area contributed by atoms with Crippen LogP contribution in [0.25, 0.3) is 0 Å². The molecule has 1 aromatic heterocycles. The molecule has 0 amide bonds. The van der Waals surface area contributed by atoms with Crippen molar-refractivity contribution in [3.63, 3.8) is 0 Å². The minimum absolute atomic E-state index is 0. The van der Waals surface area contributed by atoms with E-state index in [0.717, 1.165) is 18.7 Å². The minimum Gasteiger partial charge on any atom is -0.373 e. The number of thioether (sulfide) groups is 1. The number of hydrogen-bond acceptors (Lipinski definition) is 9. The Morgan fingerprint density at radius 3 is 1.68 bits per heavy atom. The summed E-state index contributed by atoms with van der Waals surface area (Å²) in [6.07, 6.45) is 7.96. The summed E-state index contributed by atoms with van der Waals surface area (Å²) in [5.74, 6) is 2.02. The molecule has 0 saturated heterocycles. The molecule has 0 fully saturated rings. The van der Waals surface area contributed by atoms with Crippen molar-refractivity contribution in [1.29, 1.82) is 0 Å². The molecular weight excluding hydrogens is 466 g/mol. The van der Waals surface area contributed by atoms with Gasteiger partial charge in [0.15, 0.2) is 5.16 Å². The smallest absolute Gasteiger partial charge is 0.373 e. The molecule has 206 valence electrons. The Hall–Kier alpha value is -0.943. The van der Waals surface area contributed by atoms with E-state index in [2.05, 4.69) is 39.4 Å². The van der Waals surface area contributed by atoms with Gasteiger partial charge >= 0.3 is 8.80 Å². The van der Waals surface area contributed by atoms with Gasteiger partial charge in [-0.3, -0.25) is 0 Å². The monoisotopic (exact) mass is 523 g/mol. The molecular formula is C24H57N5O3SSi. The van der Waals surface area contributed by atoms with Crippen molar-refractivity contribution in [3.05, 3.63) is 0 Å². The molecule has 0 atom stereocenters. The summed E-state index contributed by atoms with van der Waals surface area (Å²) in [4.78, 5) is 13.6. The van der Waals surface area contributed by atoms with Gasteiger partial charge in [-0.1, -0.05) is 87.4 Å². The highest BCUT2D eigenvalue weighted by molar-refractivity contribution is 7.99. The van der Waals surface area contributed by atoms with Gasteiger partial charge in [0.2, 0.25) is 11.9 Å². The first-order valence-electron chi connectivity index (χ1n) is 11.4. The third kappa shape index (κ3) is 16.6. The van der Waals surface area contributed by atoms with Crippen LogP contribution in [-0.4, -0.2) is 62.0 Å². The van der Waals surface area contributed by atoms with Crippen molar-refractivity contribution in [2.75, 3.05) is 48.9 Å². The van der Waals surface area contributed by atoms with Gasteiger partial charge in [-0.05, 0) is 32.9 Å². The summed E-state index contributed by atoms with van der Waals surface area (Å²) in [7, 11) is -2.82. The van der Waals surface area contributed by atoms with Crippen molar-refractivity contribution in [3.8, 4) is 0 Å². The van der Waals surface area contributed by atoms with Gasteiger partial charge in [0.05, 0.1) is 6.17 Å². The fourth-order valence-electron chi connectivity index (χ4n) is 2.94. The summed E-state index contributed by atoms with van der Waals surface area (Å²) < 4.78 is 17.7. The lowest BCUT2D eigenvalue weighted by molar-refractivity contribution is 0.0740. The van der Waals surface area contributed by atoms with Crippen molar-refractivity contribution in [2.24, 2.45) is 0 Å². The Kier molecular flexibility index (Phi) is 29.8. The number of aromatic nitrogens is 3. The van der Waals surface area contributed by atoms with Crippen LogP contribution in [0.4, 0.5) is 11.9 Å². The maximum Gasteiger partial charge on any atom is 0.521 e. The summed E-state index contributed by atoms with van der Waals surface area (Å²) in [6, 6.07) is 0. The lowest BCUT2D eigenvalue weighted by atomic mass is 10.1. The average molecular weight is 524 g/mol. The second-order valence-corrected chi connectivity index (χ2v) is 10.5. The summed E-state index contributed by atoms with van der Waals surface area (Å²) in [5, 5.41) is 7.33. The minimum atomic E-state index is -2.82. The molecule has 10 heteroatoms. The lowest BCUT2D eigenvalue weighted by Gasteiger charge is -2.28. The number of nitrogens with one attached hydrogen (secondary N) is 2. The Labute approximate surface area is 217 Å². The second-order valence-electron chi connectivity index (χ2n) is 6.73. The zero-order valence-corrected chi connectivity index (χ0v) is 21.3. The van der Waals surface area contributed by atoms with E-state index in [1.165, 1.54) is 32.1 Å². The van der Waals surface area contributed by atoms with E-state index < -0.39 is 8.80 Å². The molecule has 0 bridgehead atoms. The fraction of sp³-hybridized carbons (Fsp3) is 0.875. The molecule has 1 aromatic rings. The molecule has 1 rings (SSSR count). The number of anilines is 2. The first kappa shape index (κ1) is 40.2. The number of unbranched alkanes of at least 4 members (excludes halogenated alkanes) is 5. The Morgan fingerprint density at radius 1 is 0.676 bits per heavy atom. The molecule has 0 aliphatic carbocycles. The van der Waals surface area contributed by atoms with Crippen molar-refractivity contribution >= 4 is 32.5 Å². The first-order chi connectivity index (χ1) is 14.6. The summed E-state index contributed by atoms with van der Waals surface area (Å²) >= 11 is 1.60. The highest BCUT2D eigenvalue weighted by Crippen LogP contribution is 2.18. The van der Waals surface area contributed by atoms with E-state index in [1.54, 1.807) is 11.8 Å². The molecule has 1 heterocycles. The molecule has 8 nitrogen and oxygen atoms in total. The fourth-order valence-corrected chi connectivity index (χ4v) is 5.75. The average Bonchev–Trinajstić information content (AvgIpc) is 2.72. The summed E-state index contributed by atoms with van der Waals surface area (Å²) in [6.45, 7) is 12.6. The molecule has 0 spiro atoms. The Balaban J connectivity index is -0.00000112. The molecule has 0 aromatic carbocycles. The predicted octanol–water partition coefficient (Wildman–Crippen LogP) is 7.30. The van der Waals surface area contributed by atoms with Crippen molar-refractivity contribution in [2.45, 2.75) is 108 Å². The van der Waals surface area contributed by atoms with E-state index in [1.807, 2.05) is 20.8 Å². The van der Waals surface area contributed by atoms with E-state index in [-0.39, 0.29) is 29.7 Å². The van der Waals surface area contributed by atoms with Gasteiger partial charge in [0.25, 0.3) is 0 Å². The highest BCUT2D eigenvalue weighted by atomic mass is 32.2. The number of nitrogens with zero attached hydrogens (tertiary/aromatic N) is 3. The molecule has 0 aliphatic rings. The van der Waals surface area contributed by atoms with E-state index in [0.29, 0.717) is 43.0 Å². The van der Waals surface area contributed by atoms with Gasteiger partial charge in [0, 0.05) is 26.4 Å². The zero-order chi connectivity index (χ0) is 22.1. The standard InChI is InChI=1S/C20H41N5O3SSi.4CH4/c1-6-11-12-13-14-15-16-21-18-23-19(25-20(24-18)29-10-5)22-17-30(26-7-2,27-8-3)28-9-4;;;;/h6-17H2,1-5H3,(H2,21,22,23,24,25);4*1H4. The van der Waals surface area contributed by atoms with Gasteiger partial charge in [0.1, 0.15) is 0 Å². The first-order valence-corrected chi connectivity index (χ1v) is 14.3. The Morgan fingerprint density at radius 2 is 1.18 bits per heavy atom. The van der Waals surface area contributed by atoms with Crippen molar-refractivity contribution in [1.82, 2.24) is 15.0 Å². The SMILES string of the molecule is C.C.C.C.CCCCCCCCNc1nc(NC[Si](OCC)(OCC)OCC)nc(SCC)n1. The van der Waals surface area contributed by atoms with Crippen LogP contribution in [0.1, 0.15) is 103 Å². The molecule has 0 unspecified atom stereocenters. The van der Waals surface area contributed by atoms with Crippen LogP contribution in [-0.2, 0) is 13.3 Å². The largest absolute Gasteiger partial charge is 0.521 e. The Bertz CT molecular complexity index is 556. The van der Waals surface area contributed by atoms with Crippen molar-refractivity contribution < 1.29 is 13.3 Å². The highest BCUT2D eigenvalue weighted by Gasteiger charge is 2.40. The van der Waals surface area contributed by atoms with Crippen LogP contribution >= 0.6 is 11.8 Å². The zero-order valence-electron chi connectivity index (χ0n) is 19.5. The van der Waals surface area contributed by atoms with Crippen LogP contribution in [0.2, 0.25) is 0 Å². The van der Waals surface area contributed by atoms with E-state index >= 15 is 0 Å². The van der Waals surface area contributed by atoms with Crippen LogP contribution in [0.5, 0.6) is 0 Å². The topological polar surface area (TPSA) is 90.4 Å². The third-order valence-electron chi connectivity index (χ3n) is 4.26. The third-order valence-corrected chi connectivity index (χ3v) is 7.78. The quantitative estimate of drug-likeness (QED) is 0.110. The normalized spacial score (nSPS) is 10.3. The van der Waals surface area contributed by atoms with Gasteiger partial charge in [-0.2, -0.15) is 15.0 Å². The van der Waals surface area contributed by atoms with E-state index in [9.17, 15) is 0 Å². The van der Waals surface area contributed by atoms with Crippen LogP contribution in [0, 0.1) is 0 Å². The molecule has 0 aliphatic heterocycles. The summed E-state index contributed by atoms with van der Waals surface area (Å²) in [5.41, 5.74) is 0. The molecule has 0 radical (unpaired) electrons. The molecule has 34 heavy (non-hydrogen) atoms. The lowest BCUT2D eigenvalue weighted by Crippen LogP contribution is -2.52. The second kappa shape index (κ2) is 25.2. The van der Waals surface area contributed by atoms with Crippen LogP contribution in [0.15, 0.2) is 5.16 Å².